The third-order valence-corrected chi connectivity index (χ3v) is 7.41. The molecule has 0 saturated heterocycles. The Morgan fingerprint density at radius 2 is 1.84 bits per heavy atom. The summed E-state index contributed by atoms with van der Waals surface area (Å²) < 4.78 is 39.3. The number of nitrogens with zero attached hydrogens (tertiary/aromatic N) is 1. The number of urea groups is 1. The maximum atomic E-state index is 13.2. The molecule has 0 spiro atoms. The van der Waals surface area contributed by atoms with Gasteiger partial charge in [-0.25, -0.2) is 17.6 Å². The Morgan fingerprint density at radius 3 is 2.36 bits per heavy atom. The van der Waals surface area contributed by atoms with Crippen LogP contribution in [0.25, 0.3) is 0 Å². The van der Waals surface area contributed by atoms with E-state index in [2.05, 4.69) is 5.32 Å². The first-order chi connectivity index (χ1) is 11.9. The molecule has 0 aliphatic carbocycles. The van der Waals surface area contributed by atoms with Crippen LogP contribution < -0.4 is 5.32 Å². The Morgan fingerprint density at radius 1 is 1.20 bits per heavy atom. The van der Waals surface area contributed by atoms with Crippen molar-refractivity contribution < 1.29 is 17.6 Å². The number of carbonyl (C=O) groups is 1. The van der Waals surface area contributed by atoms with Gasteiger partial charge in [-0.1, -0.05) is 18.2 Å². The van der Waals surface area contributed by atoms with Crippen LogP contribution in [-0.2, 0) is 9.84 Å². The quantitative estimate of drug-likeness (QED) is 0.795. The number of hydrogen-bond acceptors (Lipinski definition) is 4. The Bertz CT molecular complexity index is 786. The molecule has 5 nitrogen and oxygen atoms in total. The molecule has 1 N–H and O–H groups in total. The molecule has 0 aliphatic heterocycles. The molecule has 0 fully saturated rings. The van der Waals surface area contributed by atoms with Crippen LogP contribution in [0.4, 0.5) is 9.18 Å². The Hall–Kier alpha value is -1.93. The van der Waals surface area contributed by atoms with Gasteiger partial charge in [-0.15, -0.1) is 11.3 Å². The van der Waals surface area contributed by atoms with Gasteiger partial charge in [0, 0.05) is 19.6 Å². The first kappa shape index (κ1) is 19.4. The van der Waals surface area contributed by atoms with Crippen molar-refractivity contribution in [2.24, 2.45) is 0 Å². The second-order valence-electron chi connectivity index (χ2n) is 5.38. The van der Waals surface area contributed by atoms with E-state index in [4.69, 9.17) is 0 Å². The lowest BCUT2D eigenvalue weighted by Gasteiger charge is -2.22. The van der Waals surface area contributed by atoms with Gasteiger partial charge in [-0.2, -0.15) is 0 Å². The van der Waals surface area contributed by atoms with Crippen molar-refractivity contribution in [1.82, 2.24) is 10.2 Å². The lowest BCUT2D eigenvalue weighted by Crippen LogP contribution is -2.42. The van der Waals surface area contributed by atoms with Gasteiger partial charge in [-0.05, 0) is 43.0 Å². The van der Waals surface area contributed by atoms with E-state index in [0.29, 0.717) is 18.7 Å². The monoisotopic (exact) mass is 384 g/mol. The molecular weight excluding hydrogens is 363 g/mol. The average molecular weight is 384 g/mol. The van der Waals surface area contributed by atoms with E-state index in [1.807, 2.05) is 13.8 Å². The summed E-state index contributed by atoms with van der Waals surface area (Å²) in [6.07, 6.45) is 0. The first-order valence-corrected chi connectivity index (χ1v) is 10.4. The highest BCUT2D eigenvalue weighted by Crippen LogP contribution is 2.31. The number of amides is 2. The number of rotatable bonds is 7. The number of hydrogen-bond donors (Lipinski definition) is 1. The molecule has 2 amide bonds. The Balaban J connectivity index is 2.30. The van der Waals surface area contributed by atoms with Gasteiger partial charge >= 0.3 is 6.03 Å². The second-order valence-corrected chi connectivity index (χ2v) is 8.68. The highest BCUT2D eigenvalue weighted by molar-refractivity contribution is 7.93. The van der Waals surface area contributed by atoms with Crippen LogP contribution in [0.15, 0.2) is 46.0 Å². The molecule has 0 bridgehead atoms. The summed E-state index contributed by atoms with van der Waals surface area (Å²) >= 11 is 1.12. The van der Waals surface area contributed by atoms with Crippen molar-refractivity contribution in [2.75, 3.05) is 19.6 Å². The van der Waals surface area contributed by atoms with Crippen molar-refractivity contribution in [3.63, 3.8) is 0 Å². The standard InChI is InChI=1S/C17H21FN2O3S2/c1-3-20(4-2)17(21)19-12-15(13-7-9-14(18)10-8-13)25(22,23)16-6-5-11-24-16/h5-11,15H,3-4,12H2,1-2H3,(H,19,21). The predicted molar refractivity (Wildman–Crippen MR) is 97.0 cm³/mol. The van der Waals surface area contributed by atoms with E-state index in [0.717, 1.165) is 11.3 Å². The maximum absolute atomic E-state index is 13.2. The van der Waals surface area contributed by atoms with E-state index >= 15 is 0 Å². The Labute approximate surface area is 151 Å². The largest absolute Gasteiger partial charge is 0.336 e. The smallest absolute Gasteiger partial charge is 0.317 e. The van der Waals surface area contributed by atoms with Crippen LogP contribution >= 0.6 is 11.3 Å². The molecule has 0 saturated carbocycles. The van der Waals surface area contributed by atoms with Crippen molar-refractivity contribution >= 4 is 27.2 Å². The van der Waals surface area contributed by atoms with Crippen molar-refractivity contribution in [1.29, 1.82) is 0 Å². The molecule has 2 aromatic rings. The van der Waals surface area contributed by atoms with Gasteiger partial charge in [0.2, 0.25) is 0 Å². The van der Waals surface area contributed by atoms with Gasteiger partial charge in [0.25, 0.3) is 0 Å². The van der Waals surface area contributed by atoms with E-state index in [1.165, 1.54) is 30.3 Å². The second kappa shape index (κ2) is 8.44. The van der Waals surface area contributed by atoms with Crippen LogP contribution in [0.2, 0.25) is 0 Å². The molecule has 1 heterocycles. The fourth-order valence-electron chi connectivity index (χ4n) is 2.45. The summed E-state index contributed by atoms with van der Waals surface area (Å²) in [5.41, 5.74) is 0.439. The summed E-state index contributed by atoms with van der Waals surface area (Å²) in [5.74, 6) is -0.441. The lowest BCUT2D eigenvalue weighted by atomic mass is 10.1. The Kier molecular flexibility index (Phi) is 6.55. The van der Waals surface area contributed by atoms with Crippen molar-refractivity contribution in [2.45, 2.75) is 23.3 Å². The van der Waals surface area contributed by atoms with Crippen LogP contribution in [0.1, 0.15) is 24.7 Å². The SMILES string of the molecule is CCN(CC)C(=O)NCC(c1ccc(F)cc1)S(=O)(=O)c1cccs1. The van der Waals surface area contributed by atoms with E-state index < -0.39 is 20.9 Å². The van der Waals surface area contributed by atoms with Crippen molar-refractivity contribution in [3.05, 3.63) is 53.2 Å². The highest BCUT2D eigenvalue weighted by atomic mass is 32.2. The summed E-state index contributed by atoms with van der Waals surface area (Å²) in [7, 11) is -3.70. The first-order valence-electron chi connectivity index (χ1n) is 7.95. The van der Waals surface area contributed by atoms with Gasteiger partial charge in [-0.3, -0.25) is 0 Å². The topological polar surface area (TPSA) is 66.5 Å². The van der Waals surface area contributed by atoms with Gasteiger partial charge < -0.3 is 10.2 Å². The zero-order valence-electron chi connectivity index (χ0n) is 14.1. The average Bonchev–Trinajstić information content (AvgIpc) is 3.13. The summed E-state index contributed by atoms with van der Waals surface area (Å²) in [6, 6.07) is 8.19. The van der Waals surface area contributed by atoms with Gasteiger partial charge in [0.05, 0.1) is 0 Å². The van der Waals surface area contributed by atoms with Crippen molar-refractivity contribution in [3.8, 4) is 0 Å². The molecule has 1 aromatic heterocycles. The number of benzene rings is 1. The molecule has 8 heteroatoms. The normalized spacial score (nSPS) is 12.6. The third-order valence-electron chi connectivity index (χ3n) is 3.88. The fourth-order valence-corrected chi connectivity index (χ4v) is 5.32. The van der Waals surface area contributed by atoms with Crippen LogP contribution in [0.5, 0.6) is 0 Å². The molecule has 2 rings (SSSR count). The van der Waals surface area contributed by atoms with Gasteiger partial charge in [0.15, 0.2) is 9.84 Å². The number of nitrogens with one attached hydrogen (secondary N) is 1. The fraction of sp³-hybridized carbons (Fsp3) is 0.353. The summed E-state index contributed by atoms with van der Waals surface area (Å²) in [5, 5.41) is 3.39. The zero-order chi connectivity index (χ0) is 18.4. The predicted octanol–water partition coefficient (Wildman–Crippen LogP) is 3.45. The molecular formula is C17H21FN2O3S2. The minimum Gasteiger partial charge on any atom is -0.336 e. The summed E-state index contributed by atoms with van der Waals surface area (Å²) in [4.78, 5) is 13.7. The molecule has 0 radical (unpaired) electrons. The number of carbonyl (C=O) groups excluding carboxylic acids is 1. The molecule has 0 aliphatic rings. The lowest BCUT2D eigenvalue weighted by molar-refractivity contribution is 0.203. The molecule has 25 heavy (non-hydrogen) atoms. The van der Waals surface area contributed by atoms with E-state index in [-0.39, 0.29) is 16.8 Å². The number of sulfone groups is 1. The number of halogens is 1. The van der Waals surface area contributed by atoms with E-state index in [9.17, 15) is 17.6 Å². The number of thiophene rings is 1. The van der Waals surface area contributed by atoms with Crippen LogP contribution in [0, 0.1) is 5.82 Å². The van der Waals surface area contributed by atoms with Gasteiger partial charge in [0.1, 0.15) is 15.3 Å². The third kappa shape index (κ3) is 4.58. The minimum absolute atomic E-state index is 0.0821. The summed E-state index contributed by atoms with van der Waals surface area (Å²) in [6.45, 7) is 4.68. The molecule has 1 aromatic carbocycles. The van der Waals surface area contributed by atoms with E-state index in [1.54, 1.807) is 16.3 Å². The highest BCUT2D eigenvalue weighted by Gasteiger charge is 2.30. The zero-order valence-corrected chi connectivity index (χ0v) is 15.7. The molecule has 1 atom stereocenters. The van der Waals surface area contributed by atoms with Crippen LogP contribution in [-0.4, -0.2) is 39.0 Å². The molecule has 136 valence electrons. The molecule has 1 unspecified atom stereocenters. The maximum Gasteiger partial charge on any atom is 0.317 e. The minimum atomic E-state index is -3.70. The van der Waals surface area contributed by atoms with Crippen LogP contribution in [0.3, 0.4) is 0 Å².